The molecule has 1 aromatic carbocycles. The molecule has 2 nitrogen and oxygen atoms in total. The van der Waals surface area contributed by atoms with Crippen LogP contribution in [0.2, 0.25) is 0 Å². The van der Waals surface area contributed by atoms with Crippen LogP contribution in [0, 0.1) is 5.92 Å². The van der Waals surface area contributed by atoms with E-state index in [4.69, 9.17) is 4.74 Å². The van der Waals surface area contributed by atoms with E-state index in [0.29, 0.717) is 6.10 Å². The smallest absolute Gasteiger partial charge is 0.133 e. The molecular formula is C17H26BrNO. The molecule has 1 fully saturated rings. The molecule has 0 radical (unpaired) electrons. The first-order valence-electron chi connectivity index (χ1n) is 7.90. The van der Waals surface area contributed by atoms with Gasteiger partial charge in [0.05, 0.1) is 4.47 Å². The Morgan fingerprint density at radius 2 is 2.05 bits per heavy atom. The van der Waals surface area contributed by atoms with Gasteiger partial charge in [0.1, 0.15) is 11.9 Å². The standard InChI is InChI=1S/C17H26BrNO/c1-3-14-7-5-6-8-16(14)20-17-10-9-13(11-15(17)18)12-19-4-2/h9-11,14,16,19H,3-8,12H2,1-2H3. The third-order valence-corrected chi connectivity index (χ3v) is 4.84. The molecular weight excluding hydrogens is 314 g/mol. The molecule has 20 heavy (non-hydrogen) atoms. The summed E-state index contributed by atoms with van der Waals surface area (Å²) in [7, 11) is 0. The second-order valence-corrected chi connectivity index (χ2v) is 6.51. The summed E-state index contributed by atoms with van der Waals surface area (Å²) in [5.74, 6) is 1.72. The third kappa shape index (κ3) is 4.23. The van der Waals surface area contributed by atoms with Crippen LogP contribution < -0.4 is 10.1 Å². The maximum absolute atomic E-state index is 6.28. The van der Waals surface area contributed by atoms with E-state index in [1.165, 1.54) is 37.7 Å². The third-order valence-electron chi connectivity index (χ3n) is 4.22. The summed E-state index contributed by atoms with van der Waals surface area (Å²) in [4.78, 5) is 0. The van der Waals surface area contributed by atoms with Crippen molar-refractivity contribution in [1.29, 1.82) is 0 Å². The fourth-order valence-corrected chi connectivity index (χ4v) is 3.50. The summed E-state index contributed by atoms with van der Waals surface area (Å²) in [5, 5.41) is 3.35. The maximum Gasteiger partial charge on any atom is 0.133 e. The van der Waals surface area contributed by atoms with Crippen molar-refractivity contribution in [1.82, 2.24) is 5.32 Å². The topological polar surface area (TPSA) is 21.3 Å². The van der Waals surface area contributed by atoms with Gasteiger partial charge in [0, 0.05) is 6.54 Å². The summed E-state index contributed by atoms with van der Waals surface area (Å²) < 4.78 is 7.36. The van der Waals surface area contributed by atoms with Crippen molar-refractivity contribution >= 4 is 15.9 Å². The number of ether oxygens (including phenoxy) is 1. The number of rotatable bonds is 6. The fourth-order valence-electron chi connectivity index (χ4n) is 2.98. The zero-order valence-electron chi connectivity index (χ0n) is 12.6. The van der Waals surface area contributed by atoms with Crippen LogP contribution >= 0.6 is 15.9 Å². The molecule has 3 heteroatoms. The second kappa shape index (κ2) is 8.04. The van der Waals surface area contributed by atoms with Crippen molar-refractivity contribution in [3.05, 3.63) is 28.2 Å². The molecule has 0 heterocycles. The monoisotopic (exact) mass is 339 g/mol. The first-order valence-corrected chi connectivity index (χ1v) is 8.69. The van der Waals surface area contributed by atoms with Crippen LogP contribution in [0.1, 0.15) is 51.5 Å². The highest BCUT2D eigenvalue weighted by Crippen LogP contribution is 2.33. The SMILES string of the molecule is CCNCc1ccc(OC2CCCCC2CC)c(Br)c1. The van der Waals surface area contributed by atoms with Gasteiger partial charge in [0.15, 0.2) is 0 Å². The Bertz CT molecular complexity index is 421. The number of hydrogen-bond donors (Lipinski definition) is 1. The van der Waals surface area contributed by atoms with Gasteiger partial charge in [-0.05, 0) is 71.8 Å². The maximum atomic E-state index is 6.28. The van der Waals surface area contributed by atoms with Crippen LogP contribution in [-0.4, -0.2) is 12.6 Å². The van der Waals surface area contributed by atoms with Crippen molar-refractivity contribution in [2.75, 3.05) is 6.54 Å². The van der Waals surface area contributed by atoms with Gasteiger partial charge in [-0.2, -0.15) is 0 Å². The lowest BCUT2D eigenvalue weighted by atomic mass is 9.85. The summed E-state index contributed by atoms with van der Waals surface area (Å²) in [6.07, 6.45) is 6.80. The molecule has 0 aliphatic heterocycles. The Morgan fingerprint density at radius 3 is 2.75 bits per heavy atom. The number of halogens is 1. The van der Waals surface area contributed by atoms with E-state index in [0.717, 1.165) is 29.2 Å². The molecule has 1 aliphatic rings. The van der Waals surface area contributed by atoms with E-state index in [-0.39, 0.29) is 0 Å². The average molecular weight is 340 g/mol. The van der Waals surface area contributed by atoms with Crippen molar-refractivity contribution in [2.24, 2.45) is 5.92 Å². The van der Waals surface area contributed by atoms with E-state index in [2.05, 4.69) is 53.3 Å². The minimum atomic E-state index is 0.393. The molecule has 0 aromatic heterocycles. The number of benzene rings is 1. The molecule has 1 aromatic rings. The summed E-state index contributed by atoms with van der Waals surface area (Å²) >= 11 is 3.65. The molecule has 1 saturated carbocycles. The van der Waals surface area contributed by atoms with Crippen LogP contribution in [0.15, 0.2) is 22.7 Å². The minimum Gasteiger partial charge on any atom is -0.489 e. The fraction of sp³-hybridized carbons (Fsp3) is 0.647. The first-order chi connectivity index (χ1) is 9.74. The predicted octanol–water partition coefficient (Wildman–Crippen LogP) is 4.91. The zero-order valence-corrected chi connectivity index (χ0v) is 14.2. The highest BCUT2D eigenvalue weighted by Gasteiger charge is 2.25. The van der Waals surface area contributed by atoms with Crippen molar-refractivity contribution in [2.45, 2.75) is 58.6 Å². The minimum absolute atomic E-state index is 0.393. The molecule has 2 rings (SSSR count). The molecule has 0 bridgehead atoms. The van der Waals surface area contributed by atoms with Gasteiger partial charge in [0.2, 0.25) is 0 Å². The van der Waals surface area contributed by atoms with Crippen LogP contribution in [0.4, 0.5) is 0 Å². The van der Waals surface area contributed by atoms with E-state index in [1.54, 1.807) is 0 Å². The van der Waals surface area contributed by atoms with Crippen LogP contribution in [-0.2, 0) is 6.54 Å². The Balaban J connectivity index is 2.01. The van der Waals surface area contributed by atoms with Crippen molar-refractivity contribution in [3.63, 3.8) is 0 Å². The highest BCUT2D eigenvalue weighted by atomic mass is 79.9. The zero-order chi connectivity index (χ0) is 14.4. The Hall–Kier alpha value is -0.540. The van der Waals surface area contributed by atoms with Crippen molar-refractivity contribution < 1.29 is 4.74 Å². The van der Waals surface area contributed by atoms with E-state index < -0.39 is 0 Å². The van der Waals surface area contributed by atoms with Gasteiger partial charge < -0.3 is 10.1 Å². The van der Waals surface area contributed by atoms with Gasteiger partial charge in [-0.1, -0.05) is 26.3 Å². The number of nitrogens with one attached hydrogen (secondary N) is 1. The molecule has 2 unspecified atom stereocenters. The second-order valence-electron chi connectivity index (χ2n) is 5.65. The normalized spacial score (nSPS) is 22.8. The lowest BCUT2D eigenvalue weighted by molar-refractivity contribution is 0.0896. The van der Waals surface area contributed by atoms with Crippen LogP contribution in [0.25, 0.3) is 0 Å². The molecule has 0 spiro atoms. The lowest BCUT2D eigenvalue weighted by Gasteiger charge is -2.31. The average Bonchev–Trinajstić information content (AvgIpc) is 2.48. The van der Waals surface area contributed by atoms with Gasteiger partial charge in [-0.25, -0.2) is 0 Å². The molecule has 0 amide bonds. The molecule has 2 atom stereocenters. The van der Waals surface area contributed by atoms with E-state index >= 15 is 0 Å². The molecule has 1 N–H and O–H groups in total. The van der Waals surface area contributed by atoms with E-state index in [9.17, 15) is 0 Å². The highest BCUT2D eigenvalue weighted by molar-refractivity contribution is 9.10. The Kier molecular flexibility index (Phi) is 6.37. The molecule has 112 valence electrons. The summed E-state index contributed by atoms with van der Waals surface area (Å²) in [5.41, 5.74) is 1.29. The molecule has 0 saturated heterocycles. The van der Waals surface area contributed by atoms with Crippen LogP contribution in [0.5, 0.6) is 5.75 Å². The Labute approximate surface area is 131 Å². The van der Waals surface area contributed by atoms with Crippen molar-refractivity contribution in [3.8, 4) is 5.75 Å². The first kappa shape index (κ1) is 15.8. The van der Waals surface area contributed by atoms with E-state index in [1.807, 2.05) is 0 Å². The van der Waals surface area contributed by atoms with Gasteiger partial charge >= 0.3 is 0 Å². The van der Waals surface area contributed by atoms with Gasteiger partial charge in [0.25, 0.3) is 0 Å². The Morgan fingerprint density at radius 1 is 1.25 bits per heavy atom. The molecule has 1 aliphatic carbocycles. The van der Waals surface area contributed by atoms with Crippen LogP contribution in [0.3, 0.4) is 0 Å². The largest absolute Gasteiger partial charge is 0.489 e. The quantitative estimate of drug-likeness (QED) is 0.795. The predicted molar refractivity (Wildman–Crippen MR) is 88.2 cm³/mol. The summed E-state index contributed by atoms with van der Waals surface area (Å²) in [6.45, 7) is 6.31. The number of hydrogen-bond acceptors (Lipinski definition) is 2. The summed E-state index contributed by atoms with van der Waals surface area (Å²) in [6, 6.07) is 6.44. The lowest BCUT2D eigenvalue weighted by Crippen LogP contribution is -2.30. The van der Waals surface area contributed by atoms with Gasteiger partial charge in [-0.3, -0.25) is 0 Å². The van der Waals surface area contributed by atoms with Gasteiger partial charge in [-0.15, -0.1) is 0 Å².